The predicted octanol–water partition coefficient (Wildman–Crippen LogP) is 6.21. The number of esters is 1. The molecule has 4 rings (SSSR count). The van der Waals surface area contributed by atoms with E-state index in [2.05, 4.69) is 35.6 Å². The van der Waals surface area contributed by atoms with Crippen molar-refractivity contribution in [1.29, 1.82) is 0 Å². The Labute approximate surface area is 182 Å². The first-order chi connectivity index (χ1) is 15.2. The topological polar surface area (TPSA) is 47.6 Å². The quantitative estimate of drug-likeness (QED) is 0.350. The van der Waals surface area contributed by atoms with E-state index in [4.69, 9.17) is 9.47 Å². The molecule has 0 heterocycles. The highest BCUT2D eigenvalue weighted by Crippen LogP contribution is 2.29. The van der Waals surface area contributed by atoms with E-state index < -0.39 is 0 Å². The van der Waals surface area contributed by atoms with Crippen molar-refractivity contribution in [2.24, 2.45) is 0 Å². The zero-order valence-corrected chi connectivity index (χ0v) is 17.5. The minimum absolute atomic E-state index is 0.306. The highest BCUT2D eigenvalue weighted by Gasteiger charge is 2.10. The molecule has 0 atom stereocenters. The summed E-state index contributed by atoms with van der Waals surface area (Å²) in [6.07, 6.45) is 0. The Hall–Kier alpha value is -3.79. The van der Waals surface area contributed by atoms with Crippen molar-refractivity contribution < 1.29 is 14.3 Å². The summed E-state index contributed by atoms with van der Waals surface area (Å²) in [4.78, 5) is 11.9. The molecule has 4 heteroatoms. The molecule has 0 saturated heterocycles. The average molecular weight is 412 g/mol. The molecule has 0 aliphatic carbocycles. The number of nitrogens with one attached hydrogen (secondary N) is 1. The number of hydrogen-bond donors (Lipinski definition) is 1. The minimum Gasteiger partial charge on any atom is -0.489 e. The van der Waals surface area contributed by atoms with Gasteiger partial charge < -0.3 is 14.8 Å². The average Bonchev–Trinajstić information content (AvgIpc) is 2.82. The summed E-state index contributed by atoms with van der Waals surface area (Å²) >= 11 is 0. The lowest BCUT2D eigenvalue weighted by Gasteiger charge is -2.16. The van der Waals surface area contributed by atoms with Crippen LogP contribution in [-0.4, -0.2) is 12.6 Å². The molecule has 0 aliphatic heterocycles. The van der Waals surface area contributed by atoms with Crippen LogP contribution < -0.4 is 10.1 Å². The van der Waals surface area contributed by atoms with Gasteiger partial charge in [-0.3, -0.25) is 0 Å². The summed E-state index contributed by atoms with van der Waals surface area (Å²) in [7, 11) is 0. The molecule has 31 heavy (non-hydrogen) atoms. The normalized spacial score (nSPS) is 10.6. The van der Waals surface area contributed by atoms with Crippen molar-refractivity contribution in [3.05, 3.63) is 108 Å². The van der Waals surface area contributed by atoms with E-state index in [0.29, 0.717) is 25.3 Å². The van der Waals surface area contributed by atoms with E-state index >= 15 is 0 Å². The molecular weight excluding hydrogens is 386 g/mol. The zero-order valence-electron chi connectivity index (χ0n) is 17.5. The van der Waals surface area contributed by atoms with Crippen LogP contribution in [0.2, 0.25) is 0 Å². The van der Waals surface area contributed by atoms with Gasteiger partial charge in [0.05, 0.1) is 12.2 Å². The number of fused-ring (bicyclic) bond motifs is 1. The van der Waals surface area contributed by atoms with Crippen LogP contribution in [0.25, 0.3) is 10.8 Å². The van der Waals surface area contributed by atoms with Gasteiger partial charge in [-0.2, -0.15) is 0 Å². The van der Waals surface area contributed by atoms with Crippen LogP contribution in [0, 0.1) is 0 Å². The minimum atomic E-state index is -0.306. The van der Waals surface area contributed by atoms with Crippen molar-refractivity contribution in [3.8, 4) is 5.75 Å². The lowest BCUT2D eigenvalue weighted by Crippen LogP contribution is -2.06. The highest BCUT2D eigenvalue weighted by molar-refractivity contribution is 5.90. The standard InChI is InChI=1S/C27H25NO3/c1-2-30-27(29)22-12-15-23(16-13-22)28-18-25-24-11-7-6-10-21(24)14-17-26(25)31-19-20-8-4-3-5-9-20/h3-17,28H,2,18-19H2,1H3. The van der Waals surface area contributed by atoms with Crippen molar-refractivity contribution >= 4 is 22.4 Å². The van der Waals surface area contributed by atoms with Gasteiger partial charge in [-0.05, 0) is 53.6 Å². The Morgan fingerprint density at radius 3 is 2.35 bits per heavy atom. The maximum atomic E-state index is 11.9. The van der Waals surface area contributed by atoms with E-state index in [-0.39, 0.29) is 5.97 Å². The van der Waals surface area contributed by atoms with E-state index in [0.717, 1.165) is 28.0 Å². The monoisotopic (exact) mass is 411 g/mol. The molecule has 0 bridgehead atoms. The Balaban J connectivity index is 1.54. The maximum absolute atomic E-state index is 11.9. The van der Waals surface area contributed by atoms with Crippen molar-refractivity contribution in [2.75, 3.05) is 11.9 Å². The van der Waals surface area contributed by atoms with E-state index in [1.807, 2.05) is 48.5 Å². The lowest BCUT2D eigenvalue weighted by atomic mass is 10.0. The molecule has 4 nitrogen and oxygen atoms in total. The number of hydrogen-bond acceptors (Lipinski definition) is 4. The molecule has 0 aromatic heterocycles. The lowest BCUT2D eigenvalue weighted by molar-refractivity contribution is 0.0526. The fourth-order valence-electron chi connectivity index (χ4n) is 3.50. The number of carbonyl (C=O) groups is 1. The van der Waals surface area contributed by atoms with Gasteiger partial charge in [0.15, 0.2) is 0 Å². The van der Waals surface area contributed by atoms with Crippen molar-refractivity contribution in [2.45, 2.75) is 20.1 Å². The molecule has 0 unspecified atom stereocenters. The van der Waals surface area contributed by atoms with Gasteiger partial charge in [0.25, 0.3) is 0 Å². The second kappa shape index (κ2) is 9.81. The molecular formula is C27H25NO3. The molecule has 0 radical (unpaired) electrons. The van der Waals surface area contributed by atoms with Crippen LogP contribution in [0.1, 0.15) is 28.4 Å². The smallest absolute Gasteiger partial charge is 0.338 e. The van der Waals surface area contributed by atoms with Gasteiger partial charge in [0.1, 0.15) is 12.4 Å². The predicted molar refractivity (Wildman–Crippen MR) is 124 cm³/mol. The van der Waals surface area contributed by atoms with E-state index in [1.54, 1.807) is 19.1 Å². The Kier molecular flexibility index (Phi) is 6.48. The van der Waals surface area contributed by atoms with Gasteiger partial charge in [0, 0.05) is 17.8 Å². The third kappa shape index (κ3) is 5.04. The molecule has 1 N–H and O–H groups in total. The number of anilines is 1. The summed E-state index contributed by atoms with van der Waals surface area (Å²) in [6.45, 7) is 3.28. The molecule has 4 aromatic carbocycles. The van der Waals surface area contributed by atoms with Crippen molar-refractivity contribution in [3.63, 3.8) is 0 Å². The van der Waals surface area contributed by atoms with E-state index in [1.165, 1.54) is 5.39 Å². The Morgan fingerprint density at radius 2 is 1.58 bits per heavy atom. The first-order valence-electron chi connectivity index (χ1n) is 10.4. The highest BCUT2D eigenvalue weighted by atomic mass is 16.5. The van der Waals surface area contributed by atoms with Gasteiger partial charge in [-0.25, -0.2) is 4.79 Å². The molecule has 156 valence electrons. The van der Waals surface area contributed by atoms with Crippen LogP contribution in [0.3, 0.4) is 0 Å². The van der Waals surface area contributed by atoms with Crippen LogP contribution in [-0.2, 0) is 17.9 Å². The second-order valence-corrected chi connectivity index (χ2v) is 7.19. The Bertz CT molecular complexity index is 1150. The number of carbonyl (C=O) groups excluding carboxylic acids is 1. The SMILES string of the molecule is CCOC(=O)c1ccc(NCc2c(OCc3ccccc3)ccc3ccccc23)cc1. The molecule has 0 spiro atoms. The van der Waals surface area contributed by atoms with Gasteiger partial charge in [-0.1, -0.05) is 60.7 Å². The third-order valence-electron chi connectivity index (χ3n) is 5.10. The van der Waals surface area contributed by atoms with Gasteiger partial charge in [-0.15, -0.1) is 0 Å². The first kappa shape index (κ1) is 20.5. The molecule has 0 fully saturated rings. The van der Waals surface area contributed by atoms with Gasteiger partial charge in [0.2, 0.25) is 0 Å². The van der Waals surface area contributed by atoms with Crippen molar-refractivity contribution in [1.82, 2.24) is 0 Å². The first-order valence-corrected chi connectivity index (χ1v) is 10.4. The second-order valence-electron chi connectivity index (χ2n) is 7.19. The fraction of sp³-hybridized carbons (Fsp3) is 0.148. The third-order valence-corrected chi connectivity index (χ3v) is 5.10. The summed E-state index contributed by atoms with van der Waals surface area (Å²) < 4.78 is 11.2. The molecule has 0 saturated carbocycles. The van der Waals surface area contributed by atoms with Crippen LogP contribution >= 0.6 is 0 Å². The maximum Gasteiger partial charge on any atom is 0.338 e. The van der Waals surface area contributed by atoms with Crippen LogP contribution in [0.15, 0.2) is 91.0 Å². The Morgan fingerprint density at radius 1 is 0.839 bits per heavy atom. The van der Waals surface area contributed by atoms with E-state index in [9.17, 15) is 4.79 Å². The number of ether oxygens (including phenoxy) is 2. The zero-order chi connectivity index (χ0) is 21.5. The molecule has 0 amide bonds. The summed E-state index contributed by atoms with van der Waals surface area (Å²) in [6, 6.07) is 29.9. The summed E-state index contributed by atoms with van der Waals surface area (Å²) in [5.74, 6) is 0.554. The van der Waals surface area contributed by atoms with Gasteiger partial charge >= 0.3 is 5.97 Å². The largest absolute Gasteiger partial charge is 0.489 e. The number of benzene rings is 4. The molecule has 4 aromatic rings. The number of rotatable bonds is 8. The van der Waals surface area contributed by atoms with Crippen LogP contribution in [0.5, 0.6) is 5.75 Å². The summed E-state index contributed by atoms with van der Waals surface area (Å²) in [5, 5.41) is 5.78. The van der Waals surface area contributed by atoms with Crippen LogP contribution in [0.4, 0.5) is 5.69 Å². The molecule has 0 aliphatic rings. The fourth-order valence-corrected chi connectivity index (χ4v) is 3.50. The summed E-state index contributed by atoms with van der Waals surface area (Å²) in [5.41, 5.74) is 3.70.